The van der Waals surface area contributed by atoms with Crippen LogP contribution in [0.1, 0.15) is 31.9 Å². The first-order valence-corrected chi connectivity index (χ1v) is 7.17. The summed E-state index contributed by atoms with van der Waals surface area (Å²) in [5.41, 5.74) is 0.300. The van der Waals surface area contributed by atoms with E-state index >= 15 is 0 Å². The number of hydrogen-bond donors (Lipinski definition) is 2. The second-order valence-corrected chi connectivity index (χ2v) is 6.48. The third-order valence-corrected chi connectivity index (χ3v) is 3.57. The lowest BCUT2D eigenvalue weighted by Gasteiger charge is -2.20. The van der Waals surface area contributed by atoms with E-state index < -0.39 is 17.8 Å². The smallest absolute Gasteiger partial charge is 0.407 e. The summed E-state index contributed by atoms with van der Waals surface area (Å²) >= 11 is 1.42. The molecule has 20 heavy (non-hydrogen) atoms. The van der Waals surface area contributed by atoms with Crippen molar-refractivity contribution in [2.45, 2.75) is 32.5 Å². The largest absolute Gasteiger partial charge is 0.444 e. The zero-order valence-corrected chi connectivity index (χ0v) is 12.5. The summed E-state index contributed by atoms with van der Waals surface area (Å²) in [6.45, 7) is 5.44. The van der Waals surface area contributed by atoms with Gasteiger partial charge in [-0.25, -0.2) is 9.78 Å². The van der Waals surface area contributed by atoms with Crippen LogP contribution in [-0.2, 0) is 4.74 Å². The van der Waals surface area contributed by atoms with Crippen molar-refractivity contribution in [2.24, 2.45) is 0 Å². The van der Waals surface area contributed by atoms with Gasteiger partial charge in [-0.1, -0.05) is 12.1 Å². The van der Waals surface area contributed by atoms with Gasteiger partial charge in [-0.3, -0.25) is 0 Å². The van der Waals surface area contributed by atoms with Crippen molar-refractivity contribution < 1.29 is 14.6 Å². The lowest BCUT2D eigenvalue weighted by atomic mass is 10.2. The van der Waals surface area contributed by atoms with Crippen LogP contribution in [-0.4, -0.2) is 28.3 Å². The van der Waals surface area contributed by atoms with Gasteiger partial charge in [-0.05, 0) is 32.9 Å². The van der Waals surface area contributed by atoms with Crippen molar-refractivity contribution in [3.8, 4) is 0 Å². The number of nitrogens with zero attached hydrogens (tertiary/aromatic N) is 1. The minimum absolute atomic E-state index is 0.0781. The maximum atomic E-state index is 11.5. The summed E-state index contributed by atoms with van der Waals surface area (Å²) in [7, 11) is 0. The summed E-state index contributed by atoms with van der Waals surface area (Å²) in [4.78, 5) is 15.8. The number of nitrogens with one attached hydrogen (secondary N) is 1. The molecule has 1 atom stereocenters. The number of amides is 1. The monoisotopic (exact) mass is 294 g/mol. The summed E-state index contributed by atoms with van der Waals surface area (Å²) in [5.74, 6) is 0. The first-order valence-electron chi connectivity index (χ1n) is 6.35. The highest BCUT2D eigenvalue weighted by Crippen LogP contribution is 2.25. The lowest BCUT2D eigenvalue weighted by molar-refractivity contribution is 0.0492. The molecule has 0 spiro atoms. The molecule has 0 aliphatic rings. The maximum absolute atomic E-state index is 11.5. The predicted molar refractivity (Wildman–Crippen MR) is 78.8 cm³/mol. The van der Waals surface area contributed by atoms with Crippen LogP contribution in [0.3, 0.4) is 0 Å². The fourth-order valence-electron chi connectivity index (χ4n) is 1.61. The van der Waals surface area contributed by atoms with E-state index in [0.29, 0.717) is 5.01 Å². The van der Waals surface area contributed by atoms with Crippen LogP contribution < -0.4 is 5.32 Å². The molecule has 6 heteroatoms. The van der Waals surface area contributed by atoms with Crippen molar-refractivity contribution in [1.82, 2.24) is 10.3 Å². The fourth-order valence-corrected chi connectivity index (χ4v) is 2.57. The van der Waals surface area contributed by atoms with Crippen LogP contribution in [0.5, 0.6) is 0 Å². The Hall–Kier alpha value is -1.66. The molecule has 0 aliphatic carbocycles. The fraction of sp³-hybridized carbons (Fsp3) is 0.429. The number of aromatic nitrogens is 1. The number of carbonyl (C=O) groups is 1. The van der Waals surface area contributed by atoms with E-state index in [1.54, 1.807) is 20.8 Å². The van der Waals surface area contributed by atoms with Gasteiger partial charge in [0.2, 0.25) is 0 Å². The number of alkyl carbamates (subject to hydrolysis) is 1. The number of benzene rings is 1. The molecule has 1 aromatic heterocycles. The molecule has 0 aliphatic heterocycles. The molecule has 1 heterocycles. The zero-order chi connectivity index (χ0) is 14.8. The lowest BCUT2D eigenvalue weighted by Crippen LogP contribution is -2.34. The molecule has 1 aromatic carbocycles. The highest BCUT2D eigenvalue weighted by atomic mass is 32.1. The van der Waals surface area contributed by atoms with Gasteiger partial charge in [0.1, 0.15) is 16.7 Å². The van der Waals surface area contributed by atoms with E-state index in [9.17, 15) is 9.90 Å². The molecule has 0 bridgehead atoms. The number of hydrogen-bond acceptors (Lipinski definition) is 5. The Balaban J connectivity index is 1.95. The third-order valence-electron chi connectivity index (χ3n) is 2.43. The van der Waals surface area contributed by atoms with Crippen molar-refractivity contribution in [3.05, 3.63) is 29.3 Å². The standard InChI is InChI=1S/C14H18N2O3S/c1-14(2,3)19-13(18)15-8-10(17)12-16-9-6-4-5-7-11(9)20-12/h4-7,10,17H,8H2,1-3H3,(H,15,18). The maximum Gasteiger partial charge on any atom is 0.407 e. The van der Waals surface area contributed by atoms with Crippen molar-refractivity contribution in [2.75, 3.05) is 6.54 Å². The van der Waals surface area contributed by atoms with Crippen LogP contribution >= 0.6 is 11.3 Å². The van der Waals surface area contributed by atoms with Gasteiger partial charge in [0.15, 0.2) is 0 Å². The number of carbonyl (C=O) groups excluding carboxylic acids is 1. The number of rotatable bonds is 3. The molecular weight excluding hydrogens is 276 g/mol. The van der Waals surface area contributed by atoms with Gasteiger partial charge >= 0.3 is 6.09 Å². The molecule has 0 saturated heterocycles. The minimum atomic E-state index is -0.833. The topological polar surface area (TPSA) is 71.5 Å². The number of para-hydroxylation sites is 1. The molecule has 0 radical (unpaired) electrons. The van der Waals surface area contributed by atoms with Gasteiger partial charge < -0.3 is 15.2 Å². The molecule has 1 amide bonds. The van der Waals surface area contributed by atoms with Crippen molar-refractivity contribution in [3.63, 3.8) is 0 Å². The van der Waals surface area contributed by atoms with Crippen LogP contribution in [0, 0.1) is 0 Å². The second-order valence-electron chi connectivity index (χ2n) is 5.42. The van der Waals surface area contributed by atoms with Crippen LogP contribution in [0.15, 0.2) is 24.3 Å². The van der Waals surface area contributed by atoms with Gasteiger partial charge in [0, 0.05) is 0 Å². The summed E-state index contributed by atoms with van der Waals surface area (Å²) in [5, 5.41) is 13.2. The molecule has 2 N–H and O–H groups in total. The third kappa shape index (κ3) is 3.91. The van der Waals surface area contributed by atoms with Gasteiger partial charge in [-0.2, -0.15) is 0 Å². The van der Waals surface area contributed by atoms with Crippen LogP contribution in [0.4, 0.5) is 4.79 Å². The second kappa shape index (κ2) is 5.76. The average Bonchev–Trinajstić information content (AvgIpc) is 2.77. The molecule has 108 valence electrons. The number of thiazole rings is 1. The van der Waals surface area contributed by atoms with E-state index in [1.807, 2.05) is 24.3 Å². The average molecular weight is 294 g/mol. The molecule has 2 aromatic rings. The van der Waals surface area contributed by atoms with Crippen molar-refractivity contribution in [1.29, 1.82) is 0 Å². The van der Waals surface area contributed by atoms with Gasteiger partial charge in [0.05, 0.1) is 16.8 Å². The minimum Gasteiger partial charge on any atom is -0.444 e. The molecule has 1 unspecified atom stereocenters. The first kappa shape index (κ1) is 14.7. The Morgan fingerprint density at radius 1 is 1.45 bits per heavy atom. The summed E-state index contributed by atoms with van der Waals surface area (Å²) < 4.78 is 6.12. The molecule has 0 fully saturated rings. The summed E-state index contributed by atoms with van der Waals surface area (Å²) in [6.07, 6.45) is -1.38. The first-order chi connectivity index (χ1) is 9.35. The number of fused-ring (bicyclic) bond motifs is 1. The van der Waals surface area contributed by atoms with E-state index in [1.165, 1.54) is 11.3 Å². The Labute approximate surface area is 121 Å². The highest BCUT2D eigenvalue weighted by Gasteiger charge is 2.18. The van der Waals surface area contributed by atoms with Gasteiger partial charge in [0.25, 0.3) is 0 Å². The molecule has 5 nitrogen and oxygen atoms in total. The van der Waals surface area contributed by atoms with Gasteiger partial charge in [-0.15, -0.1) is 11.3 Å². The number of aliphatic hydroxyl groups is 1. The predicted octanol–water partition coefficient (Wildman–Crippen LogP) is 2.85. The van der Waals surface area contributed by atoms with Crippen LogP contribution in [0.25, 0.3) is 10.2 Å². The zero-order valence-electron chi connectivity index (χ0n) is 11.7. The van der Waals surface area contributed by atoms with E-state index in [0.717, 1.165) is 10.2 Å². The Bertz CT molecular complexity index is 571. The molecular formula is C14H18N2O3S. The van der Waals surface area contributed by atoms with E-state index in [4.69, 9.17) is 4.74 Å². The normalized spacial score (nSPS) is 13.2. The SMILES string of the molecule is CC(C)(C)OC(=O)NCC(O)c1nc2ccccc2s1. The number of ether oxygens (including phenoxy) is 1. The highest BCUT2D eigenvalue weighted by molar-refractivity contribution is 7.18. The molecule has 0 saturated carbocycles. The Morgan fingerprint density at radius 3 is 2.80 bits per heavy atom. The van der Waals surface area contributed by atoms with Crippen molar-refractivity contribution >= 4 is 27.6 Å². The van der Waals surface area contributed by atoms with Crippen LogP contribution in [0.2, 0.25) is 0 Å². The summed E-state index contributed by atoms with van der Waals surface area (Å²) in [6, 6.07) is 7.67. The quantitative estimate of drug-likeness (QED) is 0.913. The van der Waals surface area contributed by atoms with E-state index in [2.05, 4.69) is 10.3 Å². The Kier molecular flexibility index (Phi) is 4.25. The van der Waals surface area contributed by atoms with E-state index in [-0.39, 0.29) is 6.54 Å². The number of aliphatic hydroxyl groups excluding tert-OH is 1. The molecule has 2 rings (SSSR count). The Morgan fingerprint density at radius 2 is 2.15 bits per heavy atom.